The Morgan fingerprint density at radius 1 is 1.16 bits per heavy atom. The van der Waals surface area contributed by atoms with Gasteiger partial charge in [-0.15, -0.1) is 0 Å². The van der Waals surface area contributed by atoms with Gasteiger partial charge in [-0.25, -0.2) is 8.78 Å². The zero-order valence-electron chi connectivity index (χ0n) is 14.3. The molecule has 1 fully saturated rings. The van der Waals surface area contributed by atoms with Gasteiger partial charge in [-0.05, 0) is 55.2 Å². The van der Waals surface area contributed by atoms with Crippen molar-refractivity contribution < 1.29 is 13.6 Å². The summed E-state index contributed by atoms with van der Waals surface area (Å²) in [7, 11) is 0. The summed E-state index contributed by atoms with van der Waals surface area (Å²) in [4.78, 5) is 14.4. The maximum absolute atomic E-state index is 13.6. The van der Waals surface area contributed by atoms with E-state index in [-0.39, 0.29) is 24.3 Å². The van der Waals surface area contributed by atoms with E-state index in [4.69, 9.17) is 0 Å². The lowest BCUT2D eigenvalue weighted by molar-refractivity contribution is -0.116. The number of halogens is 2. The molecule has 2 aromatic rings. The van der Waals surface area contributed by atoms with Crippen LogP contribution in [0.5, 0.6) is 0 Å². The van der Waals surface area contributed by atoms with Gasteiger partial charge in [0.2, 0.25) is 5.91 Å². The van der Waals surface area contributed by atoms with E-state index in [2.05, 4.69) is 17.1 Å². The molecule has 0 spiro atoms. The van der Waals surface area contributed by atoms with Crippen molar-refractivity contribution in [3.05, 3.63) is 59.7 Å². The molecule has 3 rings (SSSR count). The molecule has 0 aromatic heterocycles. The highest BCUT2D eigenvalue weighted by molar-refractivity contribution is 5.91. The van der Waals surface area contributed by atoms with Crippen LogP contribution < -0.4 is 10.2 Å². The number of benzene rings is 2. The van der Waals surface area contributed by atoms with Crippen LogP contribution in [0, 0.1) is 17.6 Å². The predicted octanol–water partition coefficient (Wildman–Crippen LogP) is 4.38. The van der Waals surface area contributed by atoms with Gasteiger partial charge in [0.25, 0.3) is 0 Å². The highest BCUT2D eigenvalue weighted by Gasteiger charge is 2.18. The molecule has 25 heavy (non-hydrogen) atoms. The third-order valence-corrected chi connectivity index (χ3v) is 4.60. The topological polar surface area (TPSA) is 32.3 Å². The highest BCUT2D eigenvalue weighted by Crippen LogP contribution is 2.25. The second-order valence-corrected chi connectivity index (χ2v) is 6.64. The first-order valence-electron chi connectivity index (χ1n) is 8.60. The SMILES string of the molecule is CC1CCN(c2ccc(NC(=O)CCc3c(F)cccc3F)cc2)C1. The molecule has 1 N–H and O–H groups in total. The van der Waals surface area contributed by atoms with Gasteiger partial charge >= 0.3 is 0 Å². The van der Waals surface area contributed by atoms with Crippen LogP contribution in [0.2, 0.25) is 0 Å². The van der Waals surface area contributed by atoms with Crippen molar-refractivity contribution in [3.8, 4) is 0 Å². The molecular weight excluding hydrogens is 322 g/mol. The summed E-state index contributed by atoms with van der Waals surface area (Å²) in [6.07, 6.45) is 1.27. The van der Waals surface area contributed by atoms with E-state index < -0.39 is 11.6 Å². The fourth-order valence-electron chi connectivity index (χ4n) is 3.16. The van der Waals surface area contributed by atoms with Crippen molar-refractivity contribution in [3.63, 3.8) is 0 Å². The molecule has 0 saturated carbocycles. The van der Waals surface area contributed by atoms with Crippen molar-refractivity contribution >= 4 is 17.3 Å². The lowest BCUT2D eigenvalue weighted by atomic mass is 10.1. The van der Waals surface area contributed by atoms with Gasteiger partial charge in [-0.1, -0.05) is 13.0 Å². The first-order valence-corrected chi connectivity index (χ1v) is 8.60. The maximum Gasteiger partial charge on any atom is 0.224 e. The molecule has 132 valence electrons. The maximum atomic E-state index is 13.6. The minimum atomic E-state index is -0.614. The van der Waals surface area contributed by atoms with E-state index in [9.17, 15) is 13.6 Å². The number of hydrogen-bond donors (Lipinski definition) is 1. The second kappa shape index (κ2) is 7.64. The molecule has 2 aromatic carbocycles. The van der Waals surface area contributed by atoms with Gasteiger partial charge in [0.15, 0.2) is 0 Å². The Labute approximate surface area is 146 Å². The summed E-state index contributed by atoms with van der Waals surface area (Å²) in [5.74, 6) is -0.780. The fraction of sp³-hybridized carbons (Fsp3) is 0.350. The Hall–Kier alpha value is -2.43. The fourth-order valence-corrected chi connectivity index (χ4v) is 3.16. The number of carbonyl (C=O) groups is 1. The van der Waals surface area contributed by atoms with Crippen LogP contribution in [0.15, 0.2) is 42.5 Å². The summed E-state index contributed by atoms with van der Waals surface area (Å²) >= 11 is 0. The van der Waals surface area contributed by atoms with E-state index in [0.717, 1.165) is 18.8 Å². The molecule has 1 atom stereocenters. The van der Waals surface area contributed by atoms with Crippen LogP contribution in [0.1, 0.15) is 25.3 Å². The van der Waals surface area contributed by atoms with E-state index in [1.807, 2.05) is 24.3 Å². The van der Waals surface area contributed by atoms with Crippen LogP contribution in [0.25, 0.3) is 0 Å². The number of anilines is 2. The zero-order valence-corrected chi connectivity index (χ0v) is 14.3. The van der Waals surface area contributed by atoms with E-state index in [1.54, 1.807) is 0 Å². The summed E-state index contributed by atoms with van der Waals surface area (Å²) in [5.41, 5.74) is 1.79. The molecule has 1 amide bonds. The van der Waals surface area contributed by atoms with Crippen molar-refractivity contribution in [2.75, 3.05) is 23.3 Å². The molecule has 0 aliphatic carbocycles. The van der Waals surface area contributed by atoms with Crippen molar-refractivity contribution in [1.82, 2.24) is 0 Å². The number of nitrogens with one attached hydrogen (secondary N) is 1. The Bertz CT molecular complexity index is 726. The van der Waals surface area contributed by atoms with Crippen LogP contribution in [0.4, 0.5) is 20.2 Å². The van der Waals surface area contributed by atoms with Crippen molar-refractivity contribution in [2.45, 2.75) is 26.2 Å². The Morgan fingerprint density at radius 2 is 1.84 bits per heavy atom. The number of rotatable bonds is 5. The highest BCUT2D eigenvalue weighted by atomic mass is 19.1. The van der Waals surface area contributed by atoms with E-state index >= 15 is 0 Å². The van der Waals surface area contributed by atoms with Gasteiger partial charge in [0, 0.05) is 36.4 Å². The number of carbonyl (C=O) groups excluding carboxylic acids is 1. The largest absolute Gasteiger partial charge is 0.371 e. The third-order valence-electron chi connectivity index (χ3n) is 4.60. The van der Waals surface area contributed by atoms with Crippen LogP contribution in [-0.2, 0) is 11.2 Å². The molecule has 0 bridgehead atoms. The molecular formula is C20H22F2N2O. The molecule has 1 saturated heterocycles. The lowest BCUT2D eigenvalue weighted by Crippen LogP contribution is -2.19. The summed E-state index contributed by atoms with van der Waals surface area (Å²) in [6.45, 7) is 4.36. The van der Waals surface area contributed by atoms with E-state index in [1.165, 1.54) is 24.6 Å². The monoisotopic (exact) mass is 344 g/mol. The lowest BCUT2D eigenvalue weighted by Gasteiger charge is -2.18. The standard InChI is InChI=1S/C20H22F2N2O/c1-14-11-12-24(13-14)16-7-5-15(6-8-16)23-20(25)10-9-17-18(21)3-2-4-19(17)22/h2-8,14H,9-13H2,1H3,(H,23,25). The predicted molar refractivity (Wildman–Crippen MR) is 95.7 cm³/mol. The van der Waals surface area contributed by atoms with Crippen LogP contribution >= 0.6 is 0 Å². The number of amides is 1. The van der Waals surface area contributed by atoms with Gasteiger partial charge < -0.3 is 10.2 Å². The summed E-state index contributed by atoms with van der Waals surface area (Å²) < 4.78 is 27.1. The van der Waals surface area contributed by atoms with Gasteiger partial charge in [-0.2, -0.15) is 0 Å². The van der Waals surface area contributed by atoms with Gasteiger partial charge in [0.05, 0.1) is 0 Å². The van der Waals surface area contributed by atoms with Gasteiger partial charge in [0.1, 0.15) is 11.6 Å². The van der Waals surface area contributed by atoms with Gasteiger partial charge in [-0.3, -0.25) is 4.79 Å². The number of nitrogens with zero attached hydrogens (tertiary/aromatic N) is 1. The molecule has 0 radical (unpaired) electrons. The van der Waals surface area contributed by atoms with Crippen LogP contribution in [0.3, 0.4) is 0 Å². The minimum absolute atomic E-state index is 0.0310. The quantitative estimate of drug-likeness (QED) is 0.873. The third kappa shape index (κ3) is 4.35. The summed E-state index contributed by atoms with van der Waals surface area (Å²) in [5, 5.41) is 2.78. The molecule has 1 aliphatic rings. The molecule has 3 nitrogen and oxygen atoms in total. The van der Waals surface area contributed by atoms with Crippen molar-refractivity contribution in [2.24, 2.45) is 5.92 Å². The average molecular weight is 344 g/mol. The second-order valence-electron chi connectivity index (χ2n) is 6.64. The first kappa shape index (κ1) is 17.4. The molecule has 1 heterocycles. The molecule has 1 aliphatic heterocycles. The van der Waals surface area contributed by atoms with Crippen LogP contribution in [-0.4, -0.2) is 19.0 Å². The van der Waals surface area contributed by atoms with Crippen molar-refractivity contribution in [1.29, 1.82) is 0 Å². The molecule has 5 heteroatoms. The Kier molecular flexibility index (Phi) is 5.31. The molecule has 1 unspecified atom stereocenters. The Morgan fingerprint density at radius 3 is 2.44 bits per heavy atom. The first-order chi connectivity index (χ1) is 12.0. The smallest absolute Gasteiger partial charge is 0.224 e. The normalized spacial score (nSPS) is 16.9. The minimum Gasteiger partial charge on any atom is -0.371 e. The average Bonchev–Trinajstić information content (AvgIpc) is 3.01. The number of hydrogen-bond acceptors (Lipinski definition) is 2. The zero-order chi connectivity index (χ0) is 17.8. The Balaban J connectivity index is 1.54. The summed E-state index contributed by atoms with van der Waals surface area (Å²) in [6, 6.07) is 11.4. The van der Waals surface area contributed by atoms with E-state index in [0.29, 0.717) is 11.6 Å².